The third-order valence-electron chi connectivity index (χ3n) is 5.15. The van der Waals surface area contributed by atoms with E-state index in [1.165, 1.54) is 18.2 Å². The molecule has 9 heteroatoms. The molecule has 1 saturated heterocycles. The molecular weight excluding hydrogens is 394 g/mol. The number of piperidine rings is 1. The van der Waals surface area contributed by atoms with Crippen LogP contribution in [0.4, 0.5) is 17.1 Å². The van der Waals surface area contributed by atoms with Gasteiger partial charge < -0.3 is 10.2 Å². The predicted octanol–water partition coefficient (Wildman–Crippen LogP) is 3.24. The Bertz CT molecular complexity index is 997. The minimum Gasteiger partial charge on any atom is -0.366 e. The number of para-hydroxylation sites is 2. The first-order valence-corrected chi connectivity index (χ1v) is 11.1. The minimum absolute atomic E-state index is 0.0247. The topological polar surface area (TPSA) is 110 Å². The van der Waals surface area contributed by atoms with Crippen molar-refractivity contribution in [1.29, 1.82) is 0 Å². The van der Waals surface area contributed by atoms with E-state index in [1.54, 1.807) is 37.3 Å². The maximum atomic E-state index is 12.6. The lowest BCUT2D eigenvalue weighted by Gasteiger charge is -2.32. The summed E-state index contributed by atoms with van der Waals surface area (Å²) in [6.07, 6.45) is 1.17. The molecule has 0 saturated carbocycles. The molecule has 29 heavy (non-hydrogen) atoms. The summed E-state index contributed by atoms with van der Waals surface area (Å²) in [7, 11) is -3.27. The molecule has 2 aromatic rings. The molecule has 0 aliphatic carbocycles. The molecule has 1 fully saturated rings. The molecule has 0 aromatic heterocycles. The summed E-state index contributed by atoms with van der Waals surface area (Å²) in [6.45, 7) is 2.69. The molecule has 0 atom stereocenters. The van der Waals surface area contributed by atoms with Crippen LogP contribution in [0.25, 0.3) is 0 Å². The minimum atomic E-state index is -3.27. The highest BCUT2D eigenvalue weighted by atomic mass is 32.2. The zero-order valence-electron chi connectivity index (χ0n) is 16.1. The average molecular weight is 417 g/mol. The molecule has 1 amide bonds. The van der Waals surface area contributed by atoms with Gasteiger partial charge in [0, 0.05) is 30.8 Å². The van der Waals surface area contributed by atoms with Crippen LogP contribution in [-0.4, -0.2) is 38.1 Å². The molecule has 1 heterocycles. The summed E-state index contributed by atoms with van der Waals surface area (Å²) < 4.78 is 23.7. The summed E-state index contributed by atoms with van der Waals surface area (Å²) in [5.41, 5.74) is 1.19. The van der Waals surface area contributed by atoms with E-state index in [9.17, 15) is 23.3 Å². The van der Waals surface area contributed by atoms with Crippen LogP contribution < -0.4 is 10.2 Å². The maximum Gasteiger partial charge on any atom is 0.292 e. The number of carbonyl (C=O) groups is 1. The number of hydrogen-bond donors (Lipinski definition) is 1. The average Bonchev–Trinajstić information content (AvgIpc) is 2.74. The lowest BCUT2D eigenvalue weighted by atomic mass is 9.95. The van der Waals surface area contributed by atoms with Crippen molar-refractivity contribution in [2.45, 2.75) is 24.7 Å². The Kier molecular flexibility index (Phi) is 6.17. The number of rotatable bonds is 6. The fourth-order valence-corrected chi connectivity index (χ4v) is 4.31. The molecule has 0 spiro atoms. The molecule has 8 nitrogen and oxygen atoms in total. The Labute approximate surface area is 169 Å². The van der Waals surface area contributed by atoms with Crippen LogP contribution in [0.15, 0.2) is 53.4 Å². The second kappa shape index (κ2) is 8.60. The van der Waals surface area contributed by atoms with Gasteiger partial charge in [-0.15, -0.1) is 0 Å². The van der Waals surface area contributed by atoms with Gasteiger partial charge in [0.15, 0.2) is 9.84 Å². The van der Waals surface area contributed by atoms with E-state index in [0.717, 1.165) is 0 Å². The molecule has 0 unspecified atom stereocenters. The van der Waals surface area contributed by atoms with Gasteiger partial charge in [-0.05, 0) is 43.2 Å². The molecule has 2 aromatic carbocycles. The highest BCUT2D eigenvalue weighted by molar-refractivity contribution is 7.91. The summed E-state index contributed by atoms with van der Waals surface area (Å²) >= 11 is 0. The quantitative estimate of drug-likeness (QED) is 0.571. The number of carbonyl (C=O) groups excluding carboxylic acids is 1. The van der Waals surface area contributed by atoms with Crippen LogP contribution in [0.2, 0.25) is 0 Å². The summed E-state index contributed by atoms with van der Waals surface area (Å²) in [6, 6.07) is 12.8. The first-order chi connectivity index (χ1) is 13.8. The van der Waals surface area contributed by atoms with E-state index in [1.807, 2.05) is 4.90 Å². The van der Waals surface area contributed by atoms with Crippen molar-refractivity contribution in [3.05, 3.63) is 58.6 Å². The van der Waals surface area contributed by atoms with Crippen LogP contribution in [0.1, 0.15) is 19.8 Å². The number of anilines is 2. The molecule has 1 aliphatic rings. The van der Waals surface area contributed by atoms with Gasteiger partial charge in [0.05, 0.1) is 15.6 Å². The first kappa shape index (κ1) is 20.8. The predicted molar refractivity (Wildman–Crippen MR) is 111 cm³/mol. The monoisotopic (exact) mass is 417 g/mol. The molecule has 0 radical (unpaired) electrons. The van der Waals surface area contributed by atoms with Crippen molar-refractivity contribution in [2.75, 3.05) is 29.1 Å². The maximum absolute atomic E-state index is 12.6. The largest absolute Gasteiger partial charge is 0.366 e. The van der Waals surface area contributed by atoms with E-state index in [2.05, 4.69) is 5.32 Å². The Hall–Kier alpha value is -2.94. The van der Waals surface area contributed by atoms with Crippen molar-refractivity contribution in [1.82, 2.24) is 0 Å². The summed E-state index contributed by atoms with van der Waals surface area (Å²) in [4.78, 5) is 25.6. The smallest absolute Gasteiger partial charge is 0.292 e. The van der Waals surface area contributed by atoms with Gasteiger partial charge in [0.2, 0.25) is 5.91 Å². The van der Waals surface area contributed by atoms with E-state index in [4.69, 9.17) is 0 Å². The number of sulfone groups is 1. The number of nitrogens with one attached hydrogen (secondary N) is 1. The fraction of sp³-hybridized carbons (Fsp3) is 0.350. The van der Waals surface area contributed by atoms with Gasteiger partial charge >= 0.3 is 0 Å². The van der Waals surface area contributed by atoms with Gasteiger partial charge in [0.25, 0.3) is 5.69 Å². The zero-order valence-corrected chi connectivity index (χ0v) is 16.9. The lowest BCUT2D eigenvalue weighted by molar-refractivity contribution is -0.384. The van der Waals surface area contributed by atoms with Crippen molar-refractivity contribution >= 4 is 32.8 Å². The van der Waals surface area contributed by atoms with Crippen LogP contribution in [0, 0.1) is 16.0 Å². The van der Waals surface area contributed by atoms with E-state index in [0.29, 0.717) is 37.3 Å². The van der Waals surface area contributed by atoms with Crippen LogP contribution >= 0.6 is 0 Å². The summed E-state index contributed by atoms with van der Waals surface area (Å²) in [5.74, 6) is -0.303. The van der Waals surface area contributed by atoms with Crippen molar-refractivity contribution in [2.24, 2.45) is 5.92 Å². The molecule has 154 valence electrons. The Morgan fingerprint density at radius 1 is 1.14 bits per heavy atom. The number of benzene rings is 2. The number of nitro benzene ring substituents is 1. The number of amides is 1. The van der Waals surface area contributed by atoms with Gasteiger partial charge in [-0.1, -0.05) is 19.1 Å². The second-order valence-electron chi connectivity index (χ2n) is 6.92. The SMILES string of the molecule is CCS(=O)(=O)c1ccc(NC(=O)C2CCN(c3ccccc3[N+](=O)[O-])CC2)cc1. The molecule has 0 bridgehead atoms. The second-order valence-corrected chi connectivity index (χ2v) is 9.20. The Morgan fingerprint density at radius 3 is 2.34 bits per heavy atom. The van der Waals surface area contributed by atoms with E-state index < -0.39 is 14.8 Å². The fourth-order valence-electron chi connectivity index (χ4n) is 3.43. The Balaban J connectivity index is 1.60. The van der Waals surface area contributed by atoms with E-state index >= 15 is 0 Å². The third kappa shape index (κ3) is 4.73. The van der Waals surface area contributed by atoms with Crippen molar-refractivity contribution in [3.63, 3.8) is 0 Å². The first-order valence-electron chi connectivity index (χ1n) is 9.44. The van der Waals surface area contributed by atoms with Crippen LogP contribution in [0.5, 0.6) is 0 Å². The standard InChI is InChI=1S/C20H23N3O5S/c1-2-29(27,28)17-9-7-16(8-10-17)21-20(24)15-11-13-22(14-12-15)18-5-3-4-6-19(18)23(25)26/h3-10,15H,2,11-14H2,1H3,(H,21,24). The van der Waals surface area contributed by atoms with Gasteiger partial charge in [-0.25, -0.2) is 8.42 Å². The number of hydrogen-bond acceptors (Lipinski definition) is 6. The molecule has 3 rings (SSSR count). The number of nitro groups is 1. The van der Waals surface area contributed by atoms with Gasteiger partial charge in [0.1, 0.15) is 5.69 Å². The highest BCUT2D eigenvalue weighted by Crippen LogP contribution is 2.31. The molecule has 1 aliphatic heterocycles. The van der Waals surface area contributed by atoms with E-state index in [-0.39, 0.29) is 28.2 Å². The molecular formula is C20H23N3O5S. The van der Waals surface area contributed by atoms with Crippen LogP contribution in [0.3, 0.4) is 0 Å². The highest BCUT2D eigenvalue weighted by Gasteiger charge is 2.28. The summed E-state index contributed by atoms with van der Waals surface area (Å²) in [5, 5.41) is 14.1. The van der Waals surface area contributed by atoms with Crippen molar-refractivity contribution < 1.29 is 18.1 Å². The molecule has 1 N–H and O–H groups in total. The van der Waals surface area contributed by atoms with Crippen LogP contribution in [-0.2, 0) is 14.6 Å². The van der Waals surface area contributed by atoms with Gasteiger partial charge in [-0.2, -0.15) is 0 Å². The number of nitrogens with zero attached hydrogens (tertiary/aromatic N) is 2. The third-order valence-corrected chi connectivity index (χ3v) is 6.90. The van der Waals surface area contributed by atoms with Crippen molar-refractivity contribution in [3.8, 4) is 0 Å². The van der Waals surface area contributed by atoms with Gasteiger partial charge in [-0.3, -0.25) is 14.9 Å². The lowest BCUT2D eigenvalue weighted by Crippen LogP contribution is -2.38. The zero-order chi connectivity index (χ0) is 21.0. The Morgan fingerprint density at radius 2 is 1.76 bits per heavy atom. The normalized spacial score (nSPS) is 15.1.